The molecule has 0 radical (unpaired) electrons. The van der Waals surface area contributed by atoms with Gasteiger partial charge in [0.05, 0.1) is 0 Å². The molecule has 1 rings (SSSR count). The Labute approximate surface area is 87.2 Å². The van der Waals surface area contributed by atoms with E-state index in [1.165, 1.54) is 6.42 Å². The second-order valence-electron chi connectivity index (χ2n) is 3.64. The third-order valence-electron chi connectivity index (χ3n) is 2.09. The first-order valence-electron chi connectivity index (χ1n) is 5.52. The molecule has 0 atom stereocenters. The van der Waals surface area contributed by atoms with Crippen molar-refractivity contribution in [3.8, 4) is 0 Å². The van der Waals surface area contributed by atoms with Gasteiger partial charge >= 0.3 is 0 Å². The Hall–Kier alpha value is -0.570. The van der Waals surface area contributed by atoms with E-state index in [1.807, 2.05) is 0 Å². The molecule has 3 heteroatoms. The van der Waals surface area contributed by atoms with Crippen LogP contribution in [0.2, 0.25) is 0 Å². The van der Waals surface area contributed by atoms with Crippen LogP contribution in [0.1, 0.15) is 39.5 Å². The molecule has 1 N–H and O–H groups in total. The summed E-state index contributed by atoms with van der Waals surface area (Å²) in [5.74, 6) is 0.695. The summed E-state index contributed by atoms with van der Waals surface area (Å²) in [6.45, 7) is 5.89. The number of ether oxygens (including phenoxy) is 1. The highest BCUT2D eigenvalue weighted by molar-refractivity contribution is 5.75. The number of rotatable bonds is 2. The predicted octanol–water partition coefficient (Wildman–Crippen LogP) is 1.97. The molecular formula is C11H23NO2. The number of hydrogen-bond acceptors (Lipinski definition) is 2. The largest absolute Gasteiger partial charge is 0.381 e. The lowest BCUT2D eigenvalue weighted by Crippen LogP contribution is -2.24. The molecule has 1 aliphatic rings. The van der Waals surface area contributed by atoms with Crippen LogP contribution in [0.15, 0.2) is 0 Å². The van der Waals surface area contributed by atoms with Crippen molar-refractivity contribution in [2.45, 2.75) is 39.5 Å². The van der Waals surface area contributed by atoms with E-state index < -0.39 is 0 Å². The molecule has 84 valence electrons. The van der Waals surface area contributed by atoms with E-state index in [1.54, 1.807) is 7.05 Å². The predicted molar refractivity (Wildman–Crippen MR) is 58.2 cm³/mol. The van der Waals surface area contributed by atoms with E-state index in [-0.39, 0.29) is 5.91 Å². The van der Waals surface area contributed by atoms with Gasteiger partial charge in [0, 0.05) is 26.7 Å². The van der Waals surface area contributed by atoms with E-state index in [0.29, 0.717) is 12.3 Å². The highest BCUT2D eigenvalue weighted by Crippen LogP contribution is 2.17. The number of amides is 1. The lowest BCUT2D eigenvalue weighted by Gasteiger charge is -2.20. The summed E-state index contributed by atoms with van der Waals surface area (Å²) < 4.78 is 5.18. The fraction of sp³-hybridized carbons (Fsp3) is 0.909. The molecule has 0 aromatic rings. The van der Waals surface area contributed by atoms with Gasteiger partial charge in [0.2, 0.25) is 5.91 Å². The van der Waals surface area contributed by atoms with Gasteiger partial charge in [-0.1, -0.05) is 20.3 Å². The van der Waals surface area contributed by atoms with Gasteiger partial charge in [-0.25, -0.2) is 0 Å². The zero-order valence-electron chi connectivity index (χ0n) is 9.64. The van der Waals surface area contributed by atoms with Gasteiger partial charge in [-0.2, -0.15) is 0 Å². The molecule has 14 heavy (non-hydrogen) atoms. The molecule has 0 aliphatic carbocycles. The zero-order valence-corrected chi connectivity index (χ0v) is 9.64. The van der Waals surface area contributed by atoms with Gasteiger partial charge in [0.25, 0.3) is 0 Å². The van der Waals surface area contributed by atoms with Crippen LogP contribution in [0.25, 0.3) is 0 Å². The Morgan fingerprint density at radius 1 is 1.36 bits per heavy atom. The van der Waals surface area contributed by atoms with Crippen LogP contribution in [-0.2, 0) is 9.53 Å². The number of nitrogens with one attached hydrogen (secondary N) is 1. The summed E-state index contributed by atoms with van der Waals surface area (Å²) >= 11 is 0. The standard InChI is InChI=1S/C8H15NO2.C3H8/c1-9-8(10)6-7-2-4-11-5-3-7;1-3-2/h7H,2-6H2,1H3,(H,9,10);3H2,1-2H3. The molecule has 0 bridgehead atoms. The summed E-state index contributed by atoms with van der Waals surface area (Å²) in [7, 11) is 1.68. The molecule has 1 amide bonds. The molecular weight excluding hydrogens is 178 g/mol. The first-order chi connectivity index (χ1) is 6.74. The second kappa shape index (κ2) is 9.00. The van der Waals surface area contributed by atoms with Crippen molar-refractivity contribution in [1.82, 2.24) is 5.32 Å². The maximum Gasteiger partial charge on any atom is 0.220 e. The normalized spacial score (nSPS) is 16.8. The number of carbonyl (C=O) groups is 1. The van der Waals surface area contributed by atoms with Crippen molar-refractivity contribution in [3.05, 3.63) is 0 Å². The summed E-state index contributed by atoms with van der Waals surface area (Å²) in [4.78, 5) is 10.9. The molecule has 0 saturated carbocycles. The lowest BCUT2D eigenvalue weighted by molar-refractivity contribution is -0.122. The van der Waals surface area contributed by atoms with E-state index in [2.05, 4.69) is 19.2 Å². The van der Waals surface area contributed by atoms with E-state index in [4.69, 9.17) is 4.74 Å². The molecule has 1 fully saturated rings. The van der Waals surface area contributed by atoms with Gasteiger partial charge in [-0.05, 0) is 18.8 Å². The smallest absolute Gasteiger partial charge is 0.220 e. The van der Waals surface area contributed by atoms with Gasteiger partial charge < -0.3 is 10.1 Å². The minimum absolute atomic E-state index is 0.150. The summed E-state index contributed by atoms with van der Waals surface area (Å²) in [6, 6.07) is 0. The highest BCUT2D eigenvalue weighted by Gasteiger charge is 2.16. The van der Waals surface area contributed by atoms with Crippen molar-refractivity contribution in [1.29, 1.82) is 0 Å². The molecule has 0 spiro atoms. The minimum Gasteiger partial charge on any atom is -0.381 e. The van der Waals surface area contributed by atoms with Crippen molar-refractivity contribution in [2.24, 2.45) is 5.92 Å². The van der Waals surface area contributed by atoms with Crippen LogP contribution >= 0.6 is 0 Å². The SMILES string of the molecule is CCC.CNC(=O)CC1CCOCC1. The van der Waals surface area contributed by atoms with E-state index >= 15 is 0 Å². The fourth-order valence-corrected chi connectivity index (χ4v) is 1.31. The Morgan fingerprint density at radius 3 is 2.29 bits per heavy atom. The first kappa shape index (κ1) is 13.4. The van der Waals surface area contributed by atoms with E-state index in [0.717, 1.165) is 26.1 Å². The highest BCUT2D eigenvalue weighted by atomic mass is 16.5. The van der Waals surface area contributed by atoms with Crippen molar-refractivity contribution >= 4 is 5.91 Å². The Balaban J connectivity index is 0.000000500. The summed E-state index contributed by atoms with van der Waals surface area (Å²) in [5.41, 5.74) is 0. The van der Waals surface area contributed by atoms with Crippen LogP contribution in [0.3, 0.4) is 0 Å². The van der Waals surface area contributed by atoms with Crippen molar-refractivity contribution < 1.29 is 9.53 Å². The van der Waals surface area contributed by atoms with Crippen molar-refractivity contribution in [2.75, 3.05) is 20.3 Å². The van der Waals surface area contributed by atoms with E-state index in [9.17, 15) is 4.79 Å². The first-order valence-corrected chi connectivity index (χ1v) is 5.52. The Morgan fingerprint density at radius 2 is 1.86 bits per heavy atom. The summed E-state index contributed by atoms with van der Waals surface area (Å²) in [5, 5.41) is 2.63. The molecule has 1 aliphatic heterocycles. The average Bonchev–Trinajstić information content (AvgIpc) is 2.20. The lowest BCUT2D eigenvalue weighted by atomic mass is 9.96. The number of hydrogen-bond donors (Lipinski definition) is 1. The third-order valence-corrected chi connectivity index (χ3v) is 2.09. The van der Waals surface area contributed by atoms with Crippen LogP contribution < -0.4 is 5.32 Å². The fourth-order valence-electron chi connectivity index (χ4n) is 1.31. The zero-order chi connectivity index (χ0) is 10.8. The topological polar surface area (TPSA) is 38.3 Å². The van der Waals surface area contributed by atoms with Gasteiger partial charge in [0.1, 0.15) is 0 Å². The monoisotopic (exact) mass is 201 g/mol. The minimum atomic E-state index is 0.150. The second-order valence-corrected chi connectivity index (χ2v) is 3.64. The molecule has 0 unspecified atom stereocenters. The van der Waals surface area contributed by atoms with Gasteiger partial charge in [-0.3, -0.25) is 4.79 Å². The Bertz CT molecular complexity index is 142. The van der Waals surface area contributed by atoms with Crippen LogP contribution in [0.5, 0.6) is 0 Å². The average molecular weight is 201 g/mol. The Kier molecular flexibility index (Phi) is 8.64. The maximum atomic E-state index is 10.9. The molecule has 3 nitrogen and oxygen atoms in total. The van der Waals surface area contributed by atoms with Crippen molar-refractivity contribution in [3.63, 3.8) is 0 Å². The molecule has 1 heterocycles. The molecule has 0 aromatic heterocycles. The quantitative estimate of drug-likeness (QED) is 0.741. The van der Waals surface area contributed by atoms with Gasteiger partial charge in [-0.15, -0.1) is 0 Å². The molecule has 1 saturated heterocycles. The maximum absolute atomic E-state index is 10.9. The third kappa shape index (κ3) is 6.89. The van der Waals surface area contributed by atoms with Crippen LogP contribution in [0, 0.1) is 5.92 Å². The number of carbonyl (C=O) groups excluding carboxylic acids is 1. The molecule has 0 aromatic carbocycles. The van der Waals surface area contributed by atoms with Gasteiger partial charge in [0.15, 0.2) is 0 Å². The summed E-state index contributed by atoms with van der Waals surface area (Å²) in [6.07, 6.45) is 3.99. The van der Waals surface area contributed by atoms with Crippen LogP contribution in [-0.4, -0.2) is 26.2 Å². The van der Waals surface area contributed by atoms with Crippen LogP contribution in [0.4, 0.5) is 0 Å².